The number of hydrogen-bond acceptors (Lipinski definition) is 5. The number of anilines is 1. The van der Waals surface area contributed by atoms with Gasteiger partial charge in [-0.3, -0.25) is 0 Å². The summed E-state index contributed by atoms with van der Waals surface area (Å²) in [7, 11) is 0. The van der Waals surface area contributed by atoms with E-state index in [0.29, 0.717) is 11.6 Å². The van der Waals surface area contributed by atoms with Crippen molar-refractivity contribution in [1.29, 1.82) is 0 Å². The van der Waals surface area contributed by atoms with E-state index in [1.54, 1.807) is 11.8 Å². The number of nitrogen functional groups attached to an aromatic ring is 1. The molecule has 2 aromatic rings. The number of thioether (sulfide) groups is 1. The Balaban J connectivity index is 2.04. The average Bonchev–Trinajstić information content (AvgIpc) is 2.79. The molecule has 0 saturated carbocycles. The van der Waals surface area contributed by atoms with Gasteiger partial charge < -0.3 is 10.3 Å². The van der Waals surface area contributed by atoms with Crippen LogP contribution in [0.2, 0.25) is 0 Å². The number of hydrogen-bond donors (Lipinski definition) is 1. The molecule has 1 aromatic heterocycles. The summed E-state index contributed by atoms with van der Waals surface area (Å²) in [6.45, 7) is 6.13. The summed E-state index contributed by atoms with van der Waals surface area (Å²) >= 11 is 1.62. The van der Waals surface area contributed by atoms with E-state index in [9.17, 15) is 0 Å². The fourth-order valence-electron chi connectivity index (χ4n) is 1.47. The maximum atomic E-state index is 5.92. The maximum absolute atomic E-state index is 5.92. The van der Waals surface area contributed by atoms with Crippen LogP contribution in [0.25, 0.3) is 0 Å². The van der Waals surface area contributed by atoms with Crippen LogP contribution in [0.4, 0.5) is 5.69 Å². The molecule has 0 aliphatic rings. The standard InChI is InChI=1S/C13H17N3OS/c1-8(2)13-15-12(17-16-13)7-18-11-6-9(3)4-5-10(11)14/h4-6,8H,7,14H2,1-3H3. The Morgan fingerprint density at radius 3 is 2.83 bits per heavy atom. The second-order valence-electron chi connectivity index (χ2n) is 4.53. The van der Waals surface area contributed by atoms with Gasteiger partial charge >= 0.3 is 0 Å². The van der Waals surface area contributed by atoms with Crippen LogP contribution in [0.1, 0.15) is 37.0 Å². The van der Waals surface area contributed by atoms with Gasteiger partial charge in [0.05, 0.1) is 5.75 Å². The number of nitrogens with zero attached hydrogens (tertiary/aromatic N) is 2. The summed E-state index contributed by atoms with van der Waals surface area (Å²) < 4.78 is 5.20. The molecule has 5 heteroatoms. The number of aryl methyl sites for hydroxylation is 1. The molecule has 0 amide bonds. The maximum Gasteiger partial charge on any atom is 0.237 e. The first-order valence-corrected chi connectivity index (χ1v) is 6.86. The SMILES string of the molecule is Cc1ccc(N)c(SCc2nc(C(C)C)no2)c1. The van der Waals surface area contributed by atoms with E-state index < -0.39 is 0 Å². The molecule has 0 aliphatic carbocycles. The summed E-state index contributed by atoms with van der Waals surface area (Å²) in [5.41, 5.74) is 7.90. The van der Waals surface area contributed by atoms with Crippen LogP contribution in [0.15, 0.2) is 27.6 Å². The zero-order chi connectivity index (χ0) is 13.1. The fraction of sp³-hybridized carbons (Fsp3) is 0.385. The normalized spacial score (nSPS) is 11.1. The van der Waals surface area contributed by atoms with Gasteiger partial charge in [-0.25, -0.2) is 0 Å². The molecule has 96 valence electrons. The third-order valence-electron chi connectivity index (χ3n) is 2.52. The minimum atomic E-state index is 0.288. The molecule has 18 heavy (non-hydrogen) atoms. The highest BCUT2D eigenvalue weighted by Crippen LogP contribution is 2.28. The van der Waals surface area contributed by atoms with Crippen LogP contribution in [0, 0.1) is 6.92 Å². The molecule has 1 heterocycles. The van der Waals surface area contributed by atoms with Crippen molar-refractivity contribution in [3.8, 4) is 0 Å². The van der Waals surface area contributed by atoms with Gasteiger partial charge in [0.2, 0.25) is 5.89 Å². The van der Waals surface area contributed by atoms with Gasteiger partial charge in [-0.2, -0.15) is 4.98 Å². The van der Waals surface area contributed by atoms with Gasteiger partial charge in [0.15, 0.2) is 5.82 Å². The first-order chi connectivity index (χ1) is 8.56. The number of nitrogens with two attached hydrogens (primary N) is 1. The third-order valence-corrected chi connectivity index (χ3v) is 3.58. The smallest absolute Gasteiger partial charge is 0.237 e. The van der Waals surface area contributed by atoms with E-state index >= 15 is 0 Å². The third kappa shape index (κ3) is 3.04. The highest BCUT2D eigenvalue weighted by molar-refractivity contribution is 7.98. The second-order valence-corrected chi connectivity index (χ2v) is 5.55. The zero-order valence-corrected chi connectivity index (χ0v) is 11.6. The molecular weight excluding hydrogens is 246 g/mol. The average molecular weight is 263 g/mol. The van der Waals surface area contributed by atoms with Gasteiger partial charge in [-0.15, -0.1) is 11.8 Å². The van der Waals surface area contributed by atoms with Gasteiger partial charge in [-0.1, -0.05) is 25.1 Å². The van der Waals surface area contributed by atoms with Gasteiger partial charge in [0, 0.05) is 16.5 Å². The lowest BCUT2D eigenvalue weighted by Crippen LogP contribution is -1.91. The predicted molar refractivity (Wildman–Crippen MR) is 73.5 cm³/mol. The van der Waals surface area contributed by atoms with Crippen molar-refractivity contribution in [1.82, 2.24) is 10.1 Å². The summed E-state index contributed by atoms with van der Waals surface area (Å²) in [5, 5.41) is 3.94. The van der Waals surface area contributed by atoms with Crippen LogP contribution in [-0.4, -0.2) is 10.1 Å². The molecule has 0 fully saturated rings. The minimum absolute atomic E-state index is 0.288. The Bertz CT molecular complexity index is 537. The van der Waals surface area contributed by atoms with Gasteiger partial charge in [0.1, 0.15) is 0 Å². The molecule has 1 aromatic carbocycles. The van der Waals surface area contributed by atoms with Gasteiger partial charge in [0.25, 0.3) is 0 Å². The highest BCUT2D eigenvalue weighted by Gasteiger charge is 2.10. The van der Waals surface area contributed by atoms with Crippen molar-refractivity contribution < 1.29 is 4.52 Å². The van der Waals surface area contributed by atoms with Crippen molar-refractivity contribution in [2.24, 2.45) is 0 Å². The molecular formula is C13H17N3OS. The van der Waals surface area contributed by atoms with Crippen molar-refractivity contribution in [2.45, 2.75) is 37.3 Å². The molecule has 0 saturated heterocycles. The molecule has 4 nitrogen and oxygen atoms in total. The van der Waals surface area contributed by atoms with Gasteiger partial charge in [-0.05, 0) is 24.6 Å². The monoisotopic (exact) mass is 263 g/mol. The van der Waals surface area contributed by atoms with Crippen LogP contribution < -0.4 is 5.73 Å². The minimum Gasteiger partial charge on any atom is -0.398 e. The Morgan fingerprint density at radius 1 is 1.39 bits per heavy atom. The lowest BCUT2D eigenvalue weighted by Gasteiger charge is -2.04. The Morgan fingerprint density at radius 2 is 2.17 bits per heavy atom. The van der Waals surface area contributed by atoms with Crippen molar-refractivity contribution >= 4 is 17.4 Å². The zero-order valence-electron chi connectivity index (χ0n) is 10.8. The Hall–Kier alpha value is -1.49. The van der Waals surface area contributed by atoms with E-state index in [0.717, 1.165) is 16.4 Å². The van der Waals surface area contributed by atoms with E-state index in [4.69, 9.17) is 10.3 Å². The summed E-state index contributed by atoms with van der Waals surface area (Å²) in [4.78, 5) is 5.39. The Labute approximate surface area is 111 Å². The molecule has 0 spiro atoms. The molecule has 2 rings (SSSR count). The second kappa shape index (κ2) is 5.44. The molecule has 0 bridgehead atoms. The highest BCUT2D eigenvalue weighted by atomic mass is 32.2. The molecule has 0 unspecified atom stereocenters. The van der Waals surface area contributed by atoms with E-state index in [2.05, 4.69) is 16.2 Å². The first-order valence-electron chi connectivity index (χ1n) is 5.87. The van der Waals surface area contributed by atoms with Crippen molar-refractivity contribution in [2.75, 3.05) is 5.73 Å². The lowest BCUT2D eigenvalue weighted by atomic mass is 10.2. The molecule has 0 aliphatic heterocycles. The van der Waals surface area contributed by atoms with Crippen LogP contribution in [-0.2, 0) is 5.75 Å². The lowest BCUT2D eigenvalue weighted by molar-refractivity contribution is 0.383. The molecule has 2 N–H and O–H groups in total. The largest absolute Gasteiger partial charge is 0.398 e. The summed E-state index contributed by atoms with van der Waals surface area (Å²) in [6, 6.07) is 5.99. The van der Waals surface area contributed by atoms with Crippen molar-refractivity contribution in [3.05, 3.63) is 35.5 Å². The number of rotatable bonds is 4. The fourth-order valence-corrected chi connectivity index (χ4v) is 2.37. The van der Waals surface area contributed by atoms with Crippen LogP contribution in [0.5, 0.6) is 0 Å². The predicted octanol–water partition coefficient (Wildman–Crippen LogP) is 3.38. The van der Waals surface area contributed by atoms with E-state index in [1.807, 2.05) is 32.9 Å². The quantitative estimate of drug-likeness (QED) is 0.676. The molecule has 0 radical (unpaired) electrons. The van der Waals surface area contributed by atoms with E-state index in [1.165, 1.54) is 5.56 Å². The summed E-state index contributed by atoms with van der Waals surface area (Å²) in [5.74, 6) is 2.33. The first kappa shape index (κ1) is 13.0. The Kier molecular flexibility index (Phi) is 3.91. The van der Waals surface area contributed by atoms with Crippen LogP contribution in [0.3, 0.4) is 0 Å². The number of benzene rings is 1. The van der Waals surface area contributed by atoms with Crippen molar-refractivity contribution in [3.63, 3.8) is 0 Å². The molecule has 0 atom stereocenters. The topological polar surface area (TPSA) is 64.9 Å². The van der Waals surface area contributed by atoms with E-state index in [-0.39, 0.29) is 5.92 Å². The summed E-state index contributed by atoms with van der Waals surface area (Å²) in [6.07, 6.45) is 0. The number of aromatic nitrogens is 2. The van der Waals surface area contributed by atoms with Crippen LogP contribution >= 0.6 is 11.8 Å².